The standard InChI is InChI=1S/C19H24N2O/c1-14-6-8-15(9-7-14)19(2,3)18(22)20-16-10-12-17(13-11-16)21(4)5/h6-13H,1-5H3,(H,20,22). The van der Waals surface area contributed by atoms with Gasteiger partial charge in [0.25, 0.3) is 0 Å². The van der Waals surface area contributed by atoms with Crippen molar-refractivity contribution in [3.63, 3.8) is 0 Å². The second-order valence-corrected chi connectivity index (χ2v) is 6.39. The maximum absolute atomic E-state index is 12.6. The molecule has 2 rings (SSSR count). The van der Waals surface area contributed by atoms with Crippen molar-refractivity contribution in [3.8, 4) is 0 Å². The summed E-state index contributed by atoms with van der Waals surface area (Å²) >= 11 is 0. The zero-order chi connectivity index (χ0) is 16.3. The van der Waals surface area contributed by atoms with Gasteiger partial charge >= 0.3 is 0 Å². The third-order valence-electron chi connectivity index (χ3n) is 3.98. The third-order valence-corrected chi connectivity index (χ3v) is 3.98. The van der Waals surface area contributed by atoms with E-state index in [9.17, 15) is 4.79 Å². The predicted octanol–water partition coefficient (Wildman–Crippen LogP) is 3.98. The average molecular weight is 296 g/mol. The minimum Gasteiger partial charge on any atom is -0.378 e. The first kappa shape index (κ1) is 16.1. The molecule has 0 bridgehead atoms. The summed E-state index contributed by atoms with van der Waals surface area (Å²) in [5, 5.41) is 3.00. The highest BCUT2D eigenvalue weighted by Gasteiger charge is 2.29. The van der Waals surface area contributed by atoms with Crippen LogP contribution >= 0.6 is 0 Å². The van der Waals surface area contributed by atoms with E-state index in [0.717, 1.165) is 16.9 Å². The average Bonchev–Trinajstić information content (AvgIpc) is 2.48. The molecule has 0 aliphatic rings. The maximum Gasteiger partial charge on any atom is 0.234 e. The second-order valence-electron chi connectivity index (χ2n) is 6.39. The van der Waals surface area contributed by atoms with E-state index in [-0.39, 0.29) is 5.91 Å². The zero-order valence-corrected chi connectivity index (χ0v) is 14.0. The molecule has 1 amide bonds. The summed E-state index contributed by atoms with van der Waals surface area (Å²) in [6, 6.07) is 16.0. The summed E-state index contributed by atoms with van der Waals surface area (Å²) < 4.78 is 0. The molecular formula is C19H24N2O. The van der Waals surface area contributed by atoms with Gasteiger partial charge in [0.15, 0.2) is 0 Å². The number of amides is 1. The Morgan fingerprint density at radius 2 is 1.50 bits per heavy atom. The van der Waals surface area contributed by atoms with Crippen molar-refractivity contribution in [2.75, 3.05) is 24.3 Å². The first-order valence-corrected chi connectivity index (χ1v) is 7.46. The van der Waals surface area contributed by atoms with Gasteiger partial charge < -0.3 is 10.2 Å². The Kier molecular flexibility index (Phi) is 4.55. The summed E-state index contributed by atoms with van der Waals surface area (Å²) in [5.41, 5.74) is 3.56. The lowest BCUT2D eigenvalue weighted by Crippen LogP contribution is -2.34. The SMILES string of the molecule is Cc1ccc(C(C)(C)C(=O)Nc2ccc(N(C)C)cc2)cc1. The van der Waals surface area contributed by atoms with Crippen molar-refractivity contribution in [2.24, 2.45) is 0 Å². The minimum atomic E-state index is -0.575. The van der Waals surface area contributed by atoms with Gasteiger partial charge in [-0.25, -0.2) is 0 Å². The molecular weight excluding hydrogens is 272 g/mol. The molecule has 3 nitrogen and oxygen atoms in total. The number of carbonyl (C=O) groups excluding carboxylic acids is 1. The van der Waals surface area contributed by atoms with Gasteiger partial charge in [-0.2, -0.15) is 0 Å². The van der Waals surface area contributed by atoms with Crippen molar-refractivity contribution in [1.82, 2.24) is 0 Å². The van der Waals surface area contributed by atoms with Gasteiger partial charge in [-0.15, -0.1) is 0 Å². The lowest BCUT2D eigenvalue weighted by atomic mass is 9.83. The highest BCUT2D eigenvalue weighted by molar-refractivity contribution is 5.98. The Morgan fingerprint density at radius 1 is 0.955 bits per heavy atom. The first-order chi connectivity index (χ1) is 10.3. The van der Waals surface area contributed by atoms with Gasteiger partial charge in [-0.05, 0) is 50.6 Å². The number of hydrogen-bond donors (Lipinski definition) is 1. The highest BCUT2D eigenvalue weighted by Crippen LogP contribution is 2.26. The number of aryl methyl sites for hydroxylation is 1. The molecule has 0 unspecified atom stereocenters. The van der Waals surface area contributed by atoms with E-state index in [0.29, 0.717) is 0 Å². The number of anilines is 2. The fourth-order valence-corrected chi connectivity index (χ4v) is 2.23. The van der Waals surface area contributed by atoms with Crippen LogP contribution in [0.1, 0.15) is 25.0 Å². The molecule has 0 radical (unpaired) electrons. The number of nitrogens with one attached hydrogen (secondary N) is 1. The Balaban J connectivity index is 2.15. The van der Waals surface area contributed by atoms with Crippen molar-refractivity contribution < 1.29 is 4.79 Å². The number of carbonyl (C=O) groups is 1. The molecule has 0 aliphatic carbocycles. The minimum absolute atomic E-state index is 0.00560. The van der Waals surface area contributed by atoms with Gasteiger partial charge in [0.2, 0.25) is 5.91 Å². The van der Waals surface area contributed by atoms with Crippen LogP contribution in [0.4, 0.5) is 11.4 Å². The summed E-state index contributed by atoms with van der Waals surface area (Å²) in [6.07, 6.45) is 0. The molecule has 2 aromatic rings. The molecule has 0 spiro atoms. The van der Waals surface area contributed by atoms with E-state index in [1.807, 2.05) is 88.3 Å². The first-order valence-electron chi connectivity index (χ1n) is 7.46. The van der Waals surface area contributed by atoms with E-state index in [1.165, 1.54) is 5.56 Å². The maximum atomic E-state index is 12.6. The van der Waals surface area contributed by atoms with Crippen molar-refractivity contribution in [3.05, 3.63) is 59.7 Å². The highest BCUT2D eigenvalue weighted by atomic mass is 16.2. The normalized spacial score (nSPS) is 11.1. The van der Waals surface area contributed by atoms with Crippen LogP contribution in [-0.2, 0) is 10.2 Å². The summed E-state index contributed by atoms with van der Waals surface area (Å²) in [4.78, 5) is 14.6. The van der Waals surface area contributed by atoms with Gasteiger partial charge in [0.1, 0.15) is 0 Å². The van der Waals surface area contributed by atoms with Crippen LogP contribution in [0, 0.1) is 6.92 Å². The number of hydrogen-bond acceptors (Lipinski definition) is 2. The second kappa shape index (κ2) is 6.22. The molecule has 3 heteroatoms. The van der Waals surface area contributed by atoms with E-state index in [1.54, 1.807) is 0 Å². The molecule has 0 aromatic heterocycles. The lowest BCUT2D eigenvalue weighted by Gasteiger charge is -2.24. The molecule has 0 fully saturated rings. The Labute approximate surface area is 133 Å². The topological polar surface area (TPSA) is 32.3 Å². The van der Waals surface area contributed by atoms with Crippen LogP contribution in [-0.4, -0.2) is 20.0 Å². The van der Waals surface area contributed by atoms with Gasteiger partial charge in [-0.1, -0.05) is 29.8 Å². The van der Waals surface area contributed by atoms with Crippen molar-refractivity contribution >= 4 is 17.3 Å². The van der Waals surface area contributed by atoms with Crippen LogP contribution in [0.15, 0.2) is 48.5 Å². The molecule has 0 saturated heterocycles. The van der Waals surface area contributed by atoms with Crippen LogP contribution in [0.25, 0.3) is 0 Å². The van der Waals surface area contributed by atoms with Gasteiger partial charge in [0, 0.05) is 25.5 Å². The Bertz CT molecular complexity index is 640. The largest absolute Gasteiger partial charge is 0.378 e. The number of nitrogens with zero attached hydrogens (tertiary/aromatic N) is 1. The molecule has 0 saturated carbocycles. The molecule has 2 aromatic carbocycles. The summed E-state index contributed by atoms with van der Waals surface area (Å²) in [5.74, 6) is -0.00560. The lowest BCUT2D eigenvalue weighted by molar-refractivity contribution is -0.120. The van der Waals surface area contributed by atoms with E-state index in [4.69, 9.17) is 0 Å². The Hall–Kier alpha value is -2.29. The molecule has 0 heterocycles. The predicted molar refractivity (Wildman–Crippen MR) is 93.6 cm³/mol. The van der Waals surface area contributed by atoms with E-state index < -0.39 is 5.41 Å². The fraction of sp³-hybridized carbons (Fsp3) is 0.316. The molecule has 0 aliphatic heterocycles. The summed E-state index contributed by atoms with van der Waals surface area (Å²) in [6.45, 7) is 5.94. The van der Waals surface area contributed by atoms with Crippen LogP contribution < -0.4 is 10.2 Å². The number of rotatable bonds is 4. The van der Waals surface area contributed by atoms with Crippen LogP contribution in [0.5, 0.6) is 0 Å². The summed E-state index contributed by atoms with van der Waals surface area (Å²) in [7, 11) is 3.99. The smallest absolute Gasteiger partial charge is 0.234 e. The van der Waals surface area contributed by atoms with Crippen LogP contribution in [0.3, 0.4) is 0 Å². The monoisotopic (exact) mass is 296 g/mol. The van der Waals surface area contributed by atoms with Crippen molar-refractivity contribution in [2.45, 2.75) is 26.2 Å². The quantitative estimate of drug-likeness (QED) is 0.925. The fourth-order valence-electron chi connectivity index (χ4n) is 2.23. The molecule has 116 valence electrons. The molecule has 0 atom stereocenters. The molecule has 22 heavy (non-hydrogen) atoms. The van der Waals surface area contributed by atoms with Gasteiger partial charge in [-0.3, -0.25) is 4.79 Å². The third kappa shape index (κ3) is 3.48. The van der Waals surface area contributed by atoms with Gasteiger partial charge in [0.05, 0.1) is 5.41 Å². The Morgan fingerprint density at radius 3 is 2.00 bits per heavy atom. The molecule has 1 N–H and O–H groups in total. The van der Waals surface area contributed by atoms with Crippen molar-refractivity contribution in [1.29, 1.82) is 0 Å². The van der Waals surface area contributed by atoms with Crippen LogP contribution in [0.2, 0.25) is 0 Å². The van der Waals surface area contributed by atoms with E-state index in [2.05, 4.69) is 5.32 Å². The van der Waals surface area contributed by atoms with E-state index >= 15 is 0 Å². The zero-order valence-electron chi connectivity index (χ0n) is 14.0. The number of benzene rings is 2.